The molecule has 6 heteroatoms. The number of rotatable bonds is 7. The number of hydrogen-bond acceptors (Lipinski definition) is 4. The number of hydrazone groups is 1. The molecule has 0 saturated carbocycles. The van der Waals surface area contributed by atoms with Crippen LogP contribution in [0.15, 0.2) is 52.5 Å². The Hall–Kier alpha value is -1.98. The Balaban J connectivity index is 1.96. The zero-order valence-corrected chi connectivity index (χ0v) is 16.0. The van der Waals surface area contributed by atoms with E-state index in [0.717, 1.165) is 21.8 Å². The van der Waals surface area contributed by atoms with Gasteiger partial charge in [0.05, 0.1) is 18.7 Å². The van der Waals surface area contributed by atoms with Gasteiger partial charge in [-0.1, -0.05) is 23.7 Å². The second-order valence-electron chi connectivity index (χ2n) is 5.67. The lowest BCUT2D eigenvalue weighted by atomic mass is 10.1. The zero-order chi connectivity index (χ0) is 18.2. The number of carbonyl (C=O) groups excluding carboxylic acids is 1. The number of nitrogens with zero attached hydrogens (tertiary/aromatic N) is 1. The first-order valence-corrected chi connectivity index (χ1v) is 9.49. The predicted molar refractivity (Wildman–Crippen MR) is 105 cm³/mol. The number of benzene rings is 2. The van der Waals surface area contributed by atoms with Gasteiger partial charge in [0.15, 0.2) is 0 Å². The second-order valence-corrected chi connectivity index (χ2v) is 6.95. The summed E-state index contributed by atoms with van der Waals surface area (Å²) in [5, 5.41) is 4.63. The maximum Gasteiger partial charge on any atom is 0.244 e. The molecule has 0 bridgehead atoms. The van der Waals surface area contributed by atoms with Crippen LogP contribution in [0.5, 0.6) is 5.75 Å². The quantitative estimate of drug-likeness (QED) is 0.438. The van der Waals surface area contributed by atoms with Gasteiger partial charge in [-0.25, -0.2) is 5.43 Å². The number of amides is 1. The minimum atomic E-state index is -0.191. The van der Waals surface area contributed by atoms with Gasteiger partial charge in [-0.3, -0.25) is 4.79 Å². The highest BCUT2D eigenvalue weighted by Crippen LogP contribution is 2.24. The normalized spacial score (nSPS) is 11.1. The van der Waals surface area contributed by atoms with Crippen LogP contribution in [0.3, 0.4) is 0 Å². The zero-order valence-electron chi connectivity index (χ0n) is 14.5. The molecule has 4 nitrogen and oxygen atoms in total. The van der Waals surface area contributed by atoms with E-state index in [0.29, 0.717) is 5.02 Å². The number of nitrogens with one attached hydrogen (secondary N) is 1. The molecule has 2 rings (SSSR count). The number of halogens is 1. The van der Waals surface area contributed by atoms with E-state index in [1.54, 1.807) is 18.0 Å². The molecule has 1 N–H and O–H groups in total. The fraction of sp³-hybridized carbons (Fsp3) is 0.263. The summed E-state index contributed by atoms with van der Waals surface area (Å²) < 4.78 is 5.63. The van der Waals surface area contributed by atoms with Gasteiger partial charge in [-0.2, -0.15) is 5.10 Å². The SMILES string of the molecule is CSc1ccc(Cl)cc1CC(=O)N/N=C\c1cccc(OC(C)C)c1. The van der Waals surface area contributed by atoms with Crippen LogP contribution in [0.4, 0.5) is 0 Å². The van der Waals surface area contributed by atoms with Crippen LogP contribution in [0.25, 0.3) is 0 Å². The fourth-order valence-corrected chi connectivity index (χ4v) is 3.01. The number of hydrogen-bond donors (Lipinski definition) is 1. The van der Waals surface area contributed by atoms with Crippen LogP contribution in [0.2, 0.25) is 5.02 Å². The summed E-state index contributed by atoms with van der Waals surface area (Å²) >= 11 is 7.59. The minimum absolute atomic E-state index is 0.107. The van der Waals surface area contributed by atoms with Crippen LogP contribution in [-0.4, -0.2) is 24.5 Å². The third kappa shape index (κ3) is 6.44. The van der Waals surface area contributed by atoms with Crippen molar-refractivity contribution in [3.8, 4) is 5.75 Å². The molecule has 0 atom stereocenters. The van der Waals surface area contributed by atoms with Crippen molar-refractivity contribution in [3.05, 3.63) is 58.6 Å². The molecule has 2 aromatic rings. The Morgan fingerprint density at radius 2 is 2.12 bits per heavy atom. The molecule has 0 fully saturated rings. The van der Waals surface area contributed by atoms with E-state index in [-0.39, 0.29) is 18.4 Å². The smallest absolute Gasteiger partial charge is 0.244 e. The van der Waals surface area contributed by atoms with E-state index in [2.05, 4.69) is 10.5 Å². The number of ether oxygens (including phenoxy) is 1. The first kappa shape index (κ1) is 19.3. The highest BCUT2D eigenvalue weighted by Gasteiger charge is 2.08. The third-order valence-electron chi connectivity index (χ3n) is 3.23. The van der Waals surface area contributed by atoms with Crippen molar-refractivity contribution in [1.82, 2.24) is 5.43 Å². The van der Waals surface area contributed by atoms with Crippen molar-refractivity contribution < 1.29 is 9.53 Å². The Bertz CT molecular complexity index is 763. The van der Waals surface area contributed by atoms with E-state index in [1.165, 1.54) is 0 Å². The average molecular weight is 377 g/mol. The van der Waals surface area contributed by atoms with Crippen LogP contribution in [-0.2, 0) is 11.2 Å². The second kappa shape index (κ2) is 9.49. The minimum Gasteiger partial charge on any atom is -0.491 e. The molecule has 0 unspecified atom stereocenters. The van der Waals surface area contributed by atoms with E-state index in [9.17, 15) is 4.79 Å². The summed E-state index contributed by atoms with van der Waals surface area (Å²) in [7, 11) is 0. The van der Waals surface area contributed by atoms with Crippen LogP contribution < -0.4 is 10.2 Å². The topological polar surface area (TPSA) is 50.7 Å². The van der Waals surface area contributed by atoms with Crippen LogP contribution in [0, 0.1) is 0 Å². The molecule has 1 amide bonds. The lowest BCUT2D eigenvalue weighted by molar-refractivity contribution is -0.120. The van der Waals surface area contributed by atoms with Gasteiger partial charge >= 0.3 is 0 Å². The number of carbonyl (C=O) groups is 1. The largest absolute Gasteiger partial charge is 0.491 e. The standard InChI is InChI=1S/C19H21ClN2O2S/c1-13(2)24-17-6-4-5-14(9-17)12-21-22-19(23)11-15-10-16(20)7-8-18(15)25-3/h4-10,12-13H,11H2,1-3H3,(H,22,23)/b21-12-. The van der Waals surface area contributed by atoms with E-state index >= 15 is 0 Å². The molecule has 0 spiro atoms. The van der Waals surface area contributed by atoms with E-state index in [1.807, 2.05) is 62.6 Å². The highest BCUT2D eigenvalue weighted by atomic mass is 35.5. The summed E-state index contributed by atoms with van der Waals surface area (Å²) in [5.74, 6) is 0.581. The molecule has 0 aliphatic heterocycles. The van der Waals surface area contributed by atoms with Crippen molar-refractivity contribution in [1.29, 1.82) is 0 Å². The molecule has 0 aliphatic carbocycles. The van der Waals surface area contributed by atoms with Crippen LogP contribution >= 0.6 is 23.4 Å². The number of thioether (sulfide) groups is 1. The van der Waals surface area contributed by atoms with Crippen molar-refractivity contribution in [2.75, 3.05) is 6.26 Å². The van der Waals surface area contributed by atoms with Gasteiger partial charge in [-0.05, 0) is 61.6 Å². The van der Waals surface area contributed by atoms with Crippen LogP contribution in [0.1, 0.15) is 25.0 Å². The Labute approximate surface area is 157 Å². The van der Waals surface area contributed by atoms with Gasteiger partial charge in [-0.15, -0.1) is 11.8 Å². The van der Waals surface area contributed by atoms with Gasteiger partial charge < -0.3 is 4.74 Å². The van der Waals surface area contributed by atoms with Crippen molar-refractivity contribution in [2.24, 2.45) is 5.10 Å². The van der Waals surface area contributed by atoms with E-state index < -0.39 is 0 Å². The van der Waals surface area contributed by atoms with Crippen molar-refractivity contribution in [2.45, 2.75) is 31.3 Å². The first-order chi connectivity index (χ1) is 12.0. The van der Waals surface area contributed by atoms with Gasteiger partial charge in [0, 0.05) is 9.92 Å². The lowest BCUT2D eigenvalue weighted by Crippen LogP contribution is -2.20. The molecule has 0 aromatic heterocycles. The molecule has 0 saturated heterocycles. The summed E-state index contributed by atoms with van der Waals surface area (Å²) in [6, 6.07) is 13.1. The maximum absolute atomic E-state index is 12.1. The van der Waals surface area contributed by atoms with Gasteiger partial charge in [0.1, 0.15) is 5.75 Å². The molecular formula is C19H21ClN2O2S. The average Bonchev–Trinajstić information content (AvgIpc) is 2.55. The molecule has 132 valence electrons. The Morgan fingerprint density at radius 1 is 1.32 bits per heavy atom. The molecule has 0 aliphatic rings. The first-order valence-electron chi connectivity index (χ1n) is 7.89. The van der Waals surface area contributed by atoms with Crippen molar-refractivity contribution in [3.63, 3.8) is 0 Å². The summed E-state index contributed by atoms with van der Waals surface area (Å²) in [5.41, 5.74) is 4.29. The monoisotopic (exact) mass is 376 g/mol. The van der Waals surface area contributed by atoms with Gasteiger partial charge in [0.25, 0.3) is 0 Å². The molecule has 2 aromatic carbocycles. The molecule has 25 heavy (non-hydrogen) atoms. The van der Waals surface area contributed by atoms with Gasteiger partial charge in [0.2, 0.25) is 5.91 Å². The summed E-state index contributed by atoms with van der Waals surface area (Å²) in [6.07, 6.45) is 3.90. The van der Waals surface area contributed by atoms with E-state index in [4.69, 9.17) is 16.3 Å². The Kier molecular flexibility index (Phi) is 7.34. The summed E-state index contributed by atoms with van der Waals surface area (Å²) in [4.78, 5) is 13.1. The third-order valence-corrected chi connectivity index (χ3v) is 4.30. The maximum atomic E-state index is 12.1. The molecule has 0 heterocycles. The fourth-order valence-electron chi connectivity index (χ4n) is 2.22. The summed E-state index contributed by atoms with van der Waals surface area (Å²) in [6.45, 7) is 3.94. The van der Waals surface area contributed by atoms with Crippen molar-refractivity contribution >= 4 is 35.5 Å². The lowest BCUT2D eigenvalue weighted by Gasteiger charge is -2.09. The predicted octanol–water partition coefficient (Wildman–Crippen LogP) is 4.54. The molecular weight excluding hydrogens is 356 g/mol. The Morgan fingerprint density at radius 3 is 2.84 bits per heavy atom. The molecule has 0 radical (unpaired) electrons. The highest BCUT2D eigenvalue weighted by molar-refractivity contribution is 7.98.